The molecule has 1 heterocycles. The fourth-order valence-electron chi connectivity index (χ4n) is 3.38. The van der Waals surface area contributed by atoms with Gasteiger partial charge in [-0.05, 0) is 78.9 Å². The molecule has 0 bridgehead atoms. The van der Waals surface area contributed by atoms with Crippen molar-refractivity contribution >= 4 is 11.9 Å². The molecule has 0 N–H and O–H groups in total. The SMILES string of the molecule is COc1cccc(C(=O)/C=C/c2ccc(COc3ccc4c(c3)CCC4)o2)c1. The van der Waals surface area contributed by atoms with E-state index < -0.39 is 0 Å². The first-order chi connectivity index (χ1) is 13.7. The number of fused-ring (bicyclic) bond motifs is 1. The number of hydrogen-bond acceptors (Lipinski definition) is 4. The second-order valence-electron chi connectivity index (χ2n) is 6.81. The van der Waals surface area contributed by atoms with Gasteiger partial charge in [0.15, 0.2) is 5.78 Å². The molecule has 1 aliphatic rings. The Morgan fingerprint density at radius 1 is 1.04 bits per heavy atom. The van der Waals surface area contributed by atoms with Crippen molar-refractivity contribution in [2.45, 2.75) is 25.9 Å². The van der Waals surface area contributed by atoms with Gasteiger partial charge in [-0.3, -0.25) is 4.79 Å². The van der Waals surface area contributed by atoms with Crippen LogP contribution >= 0.6 is 0 Å². The third-order valence-electron chi connectivity index (χ3n) is 4.89. The number of benzene rings is 2. The van der Waals surface area contributed by atoms with Gasteiger partial charge < -0.3 is 13.9 Å². The van der Waals surface area contributed by atoms with E-state index in [1.807, 2.05) is 18.2 Å². The summed E-state index contributed by atoms with van der Waals surface area (Å²) in [4.78, 5) is 12.3. The van der Waals surface area contributed by atoms with E-state index in [1.165, 1.54) is 23.6 Å². The van der Waals surface area contributed by atoms with Crippen LogP contribution < -0.4 is 9.47 Å². The monoisotopic (exact) mass is 374 g/mol. The molecule has 0 saturated carbocycles. The maximum atomic E-state index is 12.3. The number of rotatable bonds is 7. The highest BCUT2D eigenvalue weighted by atomic mass is 16.5. The summed E-state index contributed by atoms with van der Waals surface area (Å²) in [5, 5.41) is 0. The topological polar surface area (TPSA) is 48.7 Å². The highest BCUT2D eigenvalue weighted by molar-refractivity contribution is 6.06. The van der Waals surface area contributed by atoms with E-state index in [2.05, 4.69) is 12.1 Å². The van der Waals surface area contributed by atoms with E-state index in [1.54, 1.807) is 37.5 Å². The standard InChI is InChI=1S/C24H22O4/c1-26-21-7-3-6-19(15-21)24(25)13-12-20-10-11-23(28-20)16-27-22-9-8-17-4-2-5-18(17)14-22/h3,6-15H,2,4-5,16H2,1H3/b13-12+. The minimum atomic E-state index is -0.105. The van der Waals surface area contributed by atoms with Gasteiger partial charge in [-0.15, -0.1) is 0 Å². The van der Waals surface area contributed by atoms with E-state index in [4.69, 9.17) is 13.9 Å². The molecular formula is C24H22O4. The lowest BCUT2D eigenvalue weighted by molar-refractivity contribution is 0.104. The van der Waals surface area contributed by atoms with Gasteiger partial charge in [-0.2, -0.15) is 0 Å². The quantitative estimate of drug-likeness (QED) is 0.418. The molecule has 0 aliphatic heterocycles. The molecule has 0 spiro atoms. The second kappa shape index (κ2) is 8.17. The Balaban J connectivity index is 1.36. The molecule has 1 aromatic heterocycles. The maximum absolute atomic E-state index is 12.3. The first kappa shape index (κ1) is 18.1. The van der Waals surface area contributed by atoms with Crippen molar-refractivity contribution in [1.29, 1.82) is 0 Å². The van der Waals surface area contributed by atoms with E-state index in [0.29, 0.717) is 29.4 Å². The first-order valence-electron chi connectivity index (χ1n) is 9.41. The Kier molecular flexibility index (Phi) is 5.29. The molecule has 2 aromatic carbocycles. The number of ether oxygens (including phenoxy) is 2. The third kappa shape index (κ3) is 4.17. The molecule has 4 heteroatoms. The molecule has 0 amide bonds. The first-order valence-corrected chi connectivity index (χ1v) is 9.41. The molecule has 3 aromatic rings. The van der Waals surface area contributed by atoms with Crippen molar-refractivity contribution in [3.8, 4) is 11.5 Å². The molecule has 1 aliphatic carbocycles. The summed E-state index contributed by atoms with van der Waals surface area (Å²) >= 11 is 0. The number of hydrogen-bond donors (Lipinski definition) is 0. The smallest absolute Gasteiger partial charge is 0.186 e. The van der Waals surface area contributed by atoms with Crippen LogP contribution in [0, 0.1) is 0 Å². The van der Waals surface area contributed by atoms with Crippen LogP contribution in [-0.4, -0.2) is 12.9 Å². The lowest BCUT2D eigenvalue weighted by Gasteiger charge is -2.06. The van der Waals surface area contributed by atoms with Gasteiger partial charge in [0.05, 0.1) is 7.11 Å². The average molecular weight is 374 g/mol. The van der Waals surface area contributed by atoms with Gasteiger partial charge in [-0.1, -0.05) is 18.2 Å². The summed E-state index contributed by atoms with van der Waals surface area (Å²) in [5.74, 6) is 2.75. The number of carbonyl (C=O) groups excluding carboxylic acids is 1. The van der Waals surface area contributed by atoms with E-state index in [0.717, 1.165) is 18.6 Å². The molecule has 0 unspecified atom stereocenters. The largest absolute Gasteiger partial charge is 0.497 e. The molecule has 0 atom stereocenters. The van der Waals surface area contributed by atoms with Crippen molar-refractivity contribution in [2.24, 2.45) is 0 Å². The van der Waals surface area contributed by atoms with Crippen LogP contribution in [-0.2, 0) is 19.4 Å². The summed E-state index contributed by atoms with van der Waals surface area (Å²) < 4.78 is 16.7. The number of allylic oxidation sites excluding steroid dienone is 1. The van der Waals surface area contributed by atoms with Crippen molar-refractivity contribution in [1.82, 2.24) is 0 Å². The zero-order chi connectivity index (χ0) is 19.3. The fraction of sp³-hybridized carbons (Fsp3) is 0.208. The Labute approximate surface area is 164 Å². The summed E-state index contributed by atoms with van der Waals surface area (Å²) in [7, 11) is 1.58. The van der Waals surface area contributed by atoms with Gasteiger partial charge in [0.25, 0.3) is 0 Å². The van der Waals surface area contributed by atoms with Crippen LogP contribution in [0.4, 0.5) is 0 Å². The minimum Gasteiger partial charge on any atom is -0.497 e. The predicted octanol–water partition coefficient (Wildman–Crippen LogP) is 5.25. The number of methoxy groups -OCH3 is 1. The van der Waals surface area contributed by atoms with Gasteiger partial charge >= 0.3 is 0 Å². The molecule has 0 radical (unpaired) electrons. The number of aryl methyl sites for hydroxylation is 2. The van der Waals surface area contributed by atoms with E-state index in [-0.39, 0.29) is 5.78 Å². The predicted molar refractivity (Wildman–Crippen MR) is 108 cm³/mol. The van der Waals surface area contributed by atoms with Crippen LogP contribution in [0.1, 0.15) is 39.4 Å². The molecule has 0 fully saturated rings. The Bertz CT molecular complexity index is 1010. The molecule has 28 heavy (non-hydrogen) atoms. The normalized spacial score (nSPS) is 12.9. The van der Waals surface area contributed by atoms with Crippen molar-refractivity contribution in [3.63, 3.8) is 0 Å². The van der Waals surface area contributed by atoms with Gasteiger partial charge in [0.2, 0.25) is 0 Å². The molecule has 142 valence electrons. The van der Waals surface area contributed by atoms with Crippen LogP contribution in [0.25, 0.3) is 6.08 Å². The zero-order valence-corrected chi connectivity index (χ0v) is 15.8. The number of ketones is 1. The Morgan fingerprint density at radius 3 is 2.82 bits per heavy atom. The third-order valence-corrected chi connectivity index (χ3v) is 4.89. The lowest BCUT2D eigenvalue weighted by atomic mass is 10.1. The molecular weight excluding hydrogens is 352 g/mol. The number of carbonyl (C=O) groups is 1. The second-order valence-corrected chi connectivity index (χ2v) is 6.81. The molecule has 4 rings (SSSR count). The van der Waals surface area contributed by atoms with E-state index >= 15 is 0 Å². The van der Waals surface area contributed by atoms with Crippen molar-refractivity contribution < 1.29 is 18.7 Å². The fourth-order valence-corrected chi connectivity index (χ4v) is 3.38. The van der Waals surface area contributed by atoms with Crippen LogP contribution in [0.3, 0.4) is 0 Å². The summed E-state index contributed by atoms with van der Waals surface area (Å²) in [6.45, 7) is 0.358. The highest BCUT2D eigenvalue weighted by Gasteiger charge is 2.11. The maximum Gasteiger partial charge on any atom is 0.186 e. The highest BCUT2D eigenvalue weighted by Crippen LogP contribution is 2.26. The summed E-state index contributed by atoms with van der Waals surface area (Å²) in [6, 6.07) is 17.1. The van der Waals surface area contributed by atoms with Crippen LogP contribution in [0.15, 0.2) is 65.1 Å². The number of furan rings is 1. The van der Waals surface area contributed by atoms with Crippen molar-refractivity contribution in [3.05, 3.63) is 88.9 Å². The minimum absolute atomic E-state index is 0.105. The van der Waals surface area contributed by atoms with E-state index in [9.17, 15) is 4.79 Å². The average Bonchev–Trinajstić information content (AvgIpc) is 3.39. The van der Waals surface area contributed by atoms with Gasteiger partial charge in [0, 0.05) is 5.56 Å². The van der Waals surface area contributed by atoms with Gasteiger partial charge in [0.1, 0.15) is 29.6 Å². The lowest BCUT2D eigenvalue weighted by Crippen LogP contribution is -1.95. The molecule has 0 saturated heterocycles. The van der Waals surface area contributed by atoms with Crippen LogP contribution in [0.2, 0.25) is 0 Å². The van der Waals surface area contributed by atoms with Crippen LogP contribution in [0.5, 0.6) is 11.5 Å². The summed E-state index contributed by atoms with van der Waals surface area (Å²) in [6.07, 6.45) is 6.68. The summed E-state index contributed by atoms with van der Waals surface area (Å²) in [5.41, 5.74) is 3.39. The molecule has 4 nitrogen and oxygen atoms in total. The Hall–Kier alpha value is -3.27. The Morgan fingerprint density at radius 2 is 1.93 bits per heavy atom. The zero-order valence-electron chi connectivity index (χ0n) is 15.8. The van der Waals surface area contributed by atoms with Gasteiger partial charge in [-0.25, -0.2) is 0 Å². The van der Waals surface area contributed by atoms with Crippen molar-refractivity contribution in [2.75, 3.05) is 7.11 Å².